The quantitative estimate of drug-likeness (QED) is 0.328. The van der Waals surface area contributed by atoms with Gasteiger partial charge in [0.1, 0.15) is 23.3 Å². The van der Waals surface area contributed by atoms with Gasteiger partial charge in [0.05, 0.1) is 19.0 Å². The average molecular weight is 494 g/mol. The first-order valence-corrected chi connectivity index (χ1v) is 10.6. The van der Waals surface area contributed by atoms with E-state index >= 15 is 0 Å². The van der Waals surface area contributed by atoms with Gasteiger partial charge in [-0.2, -0.15) is 10.1 Å². The maximum absolute atomic E-state index is 12.9. The third kappa shape index (κ3) is 5.98. The van der Waals surface area contributed by atoms with Crippen LogP contribution < -0.4 is 20.5 Å². The maximum atomic E-state index is 12.9. The van der Waals surface area contributed by atoms with Gasteiger partial charge in [-0.05, 0) is 19.1 Å². The summed E-state index contributed by atoms with van der Waals surface area (Å²) < 4.78 is 23.3. The Labute approximate surface area is 204 Å². The highest BCUT2D eigenvalue weighted by Gasteiger charge is 2.16. The fourth-order valence-electron chi connectivity index (χ4n) is 3.03. The number of ether oxygens (including phenoxy) is 3. The van der Waals surface area contributed by atoms with Gasteiger partial charge in [-0.1, -0.05) is 5.16 Å². The SMILES string of the molecule is COC[C@H](C)Oc1cc(Oc2cnc(-c3nc(C(N)=O)no3)cn2)cc(C(=O)Nc2ccn(C)n2)c1. The molecule has 0 aliphatic carbocycles. The first kappa shape index (κ1) is 24.3. The molecule has 14 nitrogen and oxygen atoms in total. The molecule has 1 atom stereocenters. The Hall–Kier alpha value is -4.85. The van der Waals surface area contributed by atoms with Crippen molar-refractivity contribution in [3.8, 4) is 29.0 Å². The fourth-order valence-corrected chi connectivity index (χ4v) is 3.03. The Kier molecular flexibility index (Phi) is 7.15. The van der Waals surface area contributed by atoms with Crippen molar-refractivity contribution in [3.63, 3.8) is 0 Å². The highest BCUT2D eigenvalue weighted by atomic mass is 16.5. The van der Waals surface area contributed by atoms with E-state index in [4.69, 9.17) is 24.5 Å². The first-order chi connectivity index (χ1) is 17.3. The molecule has 0 saturated carbocycles. The highest BCUT2D eigenvalue weighted by molar-refractivity contribution is 6.04. The van der Waals surface area contributed by atoms with E-state index in [1.54, 1.807) is 43.2 Å². The van der Waals surface area contributed by atoms with Crippen LogP contribution in [0, 0.1) is 0 Å². The summed E-state index contributed by atoms with van der Waals surface area (Å²) in [6.45, 7) is 2.18. The van der Waals surface area contributed by atoms with Crippen LogP contribution in [-0.4, -0.2) is 61.5 Å². The Bertz CT molecular complexity index is 1370. The summed E-state index contributed by atoms with van der Waals surface area (Å²) in [6, 6.07) is 6.39. The van der Waals surface area contributed by atoms with E-state index in [1.807, 2.05) is 6.92 Å². The van der Waals surface area contributed by atoms with Crippen LogP contribution in [0.1, 0.15) is 27.9 Å². The molecule has 186 valence electrons. The Morgan fingerprint density at radius 3 is 2.64 bits per heavy atom. The first-order valence-electron chi connectivity index (χ1n) is 10.6. The van der Waals surface area contributed by atoms with Crippen LogP contribution in [-0.2, 0) is 11.8 Å². The van der Waals surface area contributed by atoms with Crippen molar-refractivity contribution < 1.29 is 28.3 Å². The number of hydrogen-bond donors (Lipinski definition) is 2. The molecule has 0 spiro atoms. The third-order valence-electron chi connectivity index (χ3n) is 4.55. The molecular weight excluding hydrogens is 472 g/mol. The molecule has 0 unspecified atom stereocenters. The Morgan fingerprint density at radius 1 is 1.19 bits per heavy atom. The normalized spacial score (nSPS) is 11.6. The monoisotopic (exact) mass is 494 g/mol. The predicted molar refractivity (Wildman–Crippen MR) is 123 cm³/mol. The van der Waals surface area contributed by atoms with E-state index < -0.39 is 11.8 Å². The molecule has 36 heavy (non-hydrogen) atoms. The lowest BCUT2D eigenvalue weighted by molar-refractivity contribution is 0.0915. The van der Waals surface area contributed by atoms with E-state index in [2.05, 4.69) is 30.5 Å². The van der Waals surface area contributed by atoms with Gasteiger partial charge in [-0.3, -0.25) is 14.3 Å². The van der Waals surface area contributed by atoms with Crippen LogP contribution in [0.25, 0.3) is 11.6 Å². The zero-order valence-electron chi connectivity index (χ0n) is 19.5. The van der Waals surface area contributed by atoms with Crippen molar-refractivity contribution in [2.75, 3.05) is 19.0 Å². The predicted octanol–water partition coefficient (Wildman–Crippen LogP) is 1.82. The molecule has 0 radical (unpaired) electrons. The van der Waals surface area contributed by atoms with Crippen LogP contribution in [0.15, 0.2) is 47.4 Å². The van der Waals surface area contributed by atoms with Crippen LogP contribution in [0.2, 0.25) is 0 Å². The van der Waals surface area contributed by atoms with Crippen molar-refractivity contribution in [2.24, 2.45) is 12.8 Å². The minimum atomic E-state index is -0.831. The van der Waals surface area contributed by atoms with E-state index in [0.29, 0.717) is 18.2 Å². The number of anilines is 1. The van der Waals surface area contributed by atoms with Gasteiger partial charge >= 0.3 is 0 Å². The molecule has 3 N–H and O–H groups in total. The number of nitrogens with zero attached hydrogens (tertiary/aromatic N) is 6. The molecule has 3 aromatic heterocycles. The molecule has 3 heterocycles. The number of aromatic nitrogens is 6. The lowest BCUT2D eigenvalue weighted by Crippen LogP contribution is -2.18. The Balaban J connectivity index is 1.56. The summed E-state index contributed by atoms with van der Waals surface area (Å²) in [7, 11) is 3.31. The largest absolute Gasteiger partial charge is 0.488 e. The summed E-state index contributed by atoms with van der Waals surface area (Å²) in [4.78, 5) is 36.2. The van der Waals surface area contributed by atoms with E-state index in [0.717, 1.165) is 0 Å². The molecule has 14 heteroatoms. The summed E-state index contributed by atoms with van der Waals surface area (Å²) in [5.41, 5.74) is 5.60. The molecule has 4 aromatic rings. The average Bonchev–Trinajstić information content (AvgIpc) is 3.49. The zero-order chi connectivity index (χ0) is 25.7. The van der Waals surface area contributed by atoms with Gasteiger partial charge in [0.15, 0.2) is 5.82 Å². The van der Waals surface area contributed by atoms with Gasteiger partial charge in [0.25, 0.3) is 23.5 Å². The van der Waals surface area contributed by atoms with Crippen LogP contribution >= 0.6 is 0 Å². The van der Waals surface area contributed by atoms with Gasteiger partial charge < -0.3 is 29.8 Å². The highest BCUT2D eigenvalue weighted by Crippen LogP contribution is 2.28. The van der Waals surface area contributed by atoms with Crippen molar-refractivity contribution in [1.29, 1.82) is 0 Å². The summed E-state index contributed by atoms with van der Waals surface area (Å²) >= 11 is 0. The molecule has 0 saturated heterocycles. The molecule has 2 amide bonds. The maximum Gasteiger partial charge on any atom is 0.290 e. The Morgan fingerprint density at radius 2 is 2.00 bits per heavy atom. The number of methoxy groups -OCH3 is 1. The van der Waals surface area contributed by atoms with Gasteiger partial charge in [0.2, 0.25) is 5.88 Å². The molecule has 0 bridgehead atoms. The zero-order valence-corrected chi connectivity index (χ0v) is 19.5. The second-order valence-electron chi connectivity index (χ2n) is 7.53. The number of benzene rings is 1. The molecule has 0 aliphatic rings. The fraction of sp³-hybridized carbons (Fsp3) is 0.227. The molecule has 1 aromatic carbocycles. The standard InChI is InChI=1S/C22H22N8O6/c1-12(11-33-3)34-14-6-13(21(32)26-17-4-5-30(2)28-17)7-15(8-14)35-18-10-24-16(9-25-18)22-27-20(19(23)31)29-36-22/h4-10,12H,11H2,1-3H3,(H2,23,31)(H,26,28,32)/t12-/m0/s1. The second kappa shape index (κ2) is 10.6. The number of primary amides is 1. The number of amides is 2. The lowest BCUT2D eigenvalue weighted by atomic mass is 10.2. The van der Waals surface area contributed by atoms with Crippen molar-refractivity contribution in [3.05, 3.63) is 54.2 Å². The smallest absolute Gasteiger partial charge is 0.290 e. The number of carbonyl (C=O) groups is 2. The van der Waals surface area contributed by atoms with Crippen molar-refractivity contribution >= 4 is 17.6 Å². The number of aryl methyl sites for hydroxylation is 1. The third-order valence-corrected chi connectivity index (χ3v) is 4.55. The van der Waals surface area contributed by atoms with Crippen molar-refractivity contribution in [1.82, 2.24) is 29.9 Å². The number of rotatable bonds is 10. The summed E-state index contributed by atoms with van der Waals surface area (Å²) in [6.07, 6.45) is 4.07. The number of nitrogens with two attached hydrogens (primary N) is 1. The van der Waals surface area contributed by atoms with Gasteiger partial charge in [-0.15, -0.1) is 0 Å². The number of hydrogen-bond acceptors (Lipinski definition) is 11. The number of carbonyl (C=O) groups excluding carboxylic acids is 2. The topological polar surface area (TPSA) is 182 Å². The molecule has 0 aliphatic heterocycles. The molecule has 4 rings (SSSR count). The number of nitrogens with one attached hydrogen (secondary N) is 1. The van der Waals surface area contributed by atoms with Gasteiger partial charge in [-0.25, -0.2) is 9.97 Å². The van der Waals surface area contributed by atoms with Crippen LogP contribution in [0.5, 0.6) is 17.4 Å². The molecule has 0 fully saturated rings. The lowest BCUT2D eigenvalue weighted by Gasteiger charge is -2.16. The van der Waals surface area contributed by atoms with E-state index in [1.165, 1.54) is 18.5 Å². The van der Waals surface area contributed by atoms with Crippen LogP contribution in [0.4, 0.5) is 5.82 Å². The van der Waals surface area contributed by atoms with E-state index in [9.17, 15) is 9.59 Å². The molecular formula is C22H22N8O6. The minimum Gasteiger partial charge on any atom is -0.488 e. The van der Waals surface area contributed by atoms with Crippen molar-refractivity contribution in [2.45, 2.75) is 13.0 Å². The van der Waals surface area contributed by atoms with Crippen LogP contribution in [0.3, 0.4) is 0 Å². The summed E-state index contributed by atoms with van der Waals surface area (Å²) in [5, 5.41) is 10.3. The minimum absolute atomic E-state index is 0.0288. The summed E-state index contributed by atoms with van der Waals surface area (Å²) in [5.74, 6) is -0.370. The second-order valence-corrected chi connectivity index (χ2v) is 7.53. The van der Waals surface area contributed by atoms with Gasteiger partial charge in [0, 0.05) is 38.1 Å². The van der Waals surface area contributed by atoms with E-state index in [-0.39, 0.29) is 40.7 Å².